The van der Waals surface area contributed by atoms with Gasteiger partial charge in [-0.05, 0) is 65.5 Å². The van der Waals surface area contributed by atoms with E-state index in [1.165, 1.54) is 20.2 Å². The summed E-state index contributed by atoms with van der Waals surface area (Å²) < 4.78 is 12.4. The van der Waals surface area contributed by atoms with E-state index in [2.05, 4.69) is 66.0 Å². The van der Waals surface area contributed by atoms with E-state index in [9.17, 15) is 0 Å². The number of furan rings is 2. The van der Waals surface area contributed by atoms with E-state index in [1.807, 2.05) is 29.5 Å². The van der Waals surface area contributed by atoms with Crippen molar-refractivity contribution >= 4 is 66.6 Å². The lowest BCUT2D eigenvalue weighted by Gasteiger charge is -1.98. The molecule has 0 atom stereocenters. The standard InChI is InChI=1S/C26H14O2S2/c1-2-5-20-16(4-1)17-8-9-18-19-14-15(7-10-21(19)28-26(18)25(17)27-20)22-11-12-24(30-22)23-6-3-13-29-23/h1-14H. The molecule has 7 rings (SSSR count). The molecule has 4 heterocycles. The van der Waals surface area contributed by atoms with Crippen molar-refractivity contribution in [2.45, 2.75) is 0 Å². The van der Waals surface area contributed by atoms with Crippen molar-refractivity contribution in [2.75, 3.05) is 0 Å². The molecule has 0 saturated carbocycles. The summed E-state index contributed by atoms with van der Waals surface area (Å²) in [5, 5.41) is 6.55. The summed E-state index contributed by atoms with van der Waals surface area (Å²) in [5.74, 6) is 0. The normalized spacial score (nSPS) is 12.0. The van der Waals surface area contributed by atoms with E-state index in [4.69, 9.17) is 8.83 Å². The molecule has 0 spiro atoms. The molecule has 7 aromatic rings. The van der Waals surface area contributed by atoms with Gasteiger partial charge in [-0.1, -0.05) is 24.3 Å². The van der Waals surface area contributed by atoms with Gasteiger partial charge in [0.2, 0.25) is 0 Å². The van der Waals surface area contributed by atoms with E-state index < -0.39 is 0 Å². The smallest absolute Gasteiger partial charge is 0.178 e. The van der Waals surface area contributed by atoms with E-state index in [0.717, 1.165) is 43.9 Å². The highest BCUT2D eigenvalue weighted by Gasteiger charge is 2.16. The van der Waals surface area contributed by atoms with Gasteiger partial charge in [-0.25, -0.2) is 0 Å². The minimum atomic E-state index is 0.821. The van der Waals surface area contributed by atoms with Gasteiger partial charge in [-0.2, -0.15) is 0 Å². The Bertz CT molecular complexity index is 1690. The van der Waals surface area contributed by atoms with Crippen molar-refractivity contribution in [1.82, 2.24) is 0 Å². The maximum atomic E-state index is 6.26. The minimum Gasteiger partial charge on any atom is -0.452 e. The summed E-state index contributed by atoms with van der Waals surface area (Å²) in [4.78, 5) is 3.88. The van der Waals surface area contributed by atoms with Gasteiger partial charge in [-0.15, -0.1) is 22.7 Å². The van der Waals surface area contributed by atoms with Gasteiger partial charge in [-0.3, -0.25) is 0 Å². The fraction of sp³-hybridized carbons (Fsp3) is 0. The van der Waals surface area contributed by atoms with Crippen LogP contribution in [0.25, 0.3) is 64.1 Å². The number of para-hydroxylation sites is 1. The molecule has 0 bridgehead atoms. The molecular weight excluding hydrogens is 408 g/mol. The molecule has 0 saturated heterocycles. The molecule has 0 unspecified atom stereocenters. The van der Waals surface area contributed by atoms with Gasteiger partial charge >= 0.3 is 0 Å². The number of rotatable bonds is 2. The fourth-order valence-electron chi connectivity index (χ4n) is 4.21. The predicted molar refractivity (Wildman–Crippen MR) is 128 cm³/mol. The summed E-state index contributed by atoms with van der Waals surface area (Å²) in [6.07, 6.45) is 0. The van der Waals surface area contributed by atoms with E-state index in [1.54, 1.807) is 11.3 Å². The molecule has 4 heteroatoms. The Morgan fingerprint density at radius 3 is 2.13 bits per heavy atom. The molecule has 142 valence electrons. The third-order valence-corrected chi connectivity index (χ3v) is 7.84. The average molecular weight is 423 g/mol. The zero-order valence-electron chi connectivity index (χ0n) is 15.7. The lowest BCUT2D eigenvalue weighted by atomic mass is 10.1. The van der Waals surface area contributed by atoms with Crippen molar-refractivity contribution in [1.29, 1.82) is 0 Å². The Hall–Kier alpha value is -3.34. The first kappa shape index (κ1) is 16.5. The van der Waals surface area contributed by atoms with Gasteiger partial charge in [0.15, 0.2) is 11.2 Å². The minimum absolute atomic E-state index is 0.821. The van der Waals surface area contributed by atoms with Crippen LogP contribution in [0, 0.1) is 0 Å². The Labute approximate surface area is 179 Å². The highest BCUT2D eigenvalue weighted by atomic mass is 32.1. The molecule has 0 N–H and O–H groups in total. The first-order chi connectivity index (χ1) is 14.8. The third-order valence-electron chi connectivity index (χ3n) is 5.64. The number of hydrogen-bond donors (Lipinski definition) is 0. The first-order valence-electron chi connectivity index (χ1n) is 9.76. The zero-order valence-corrected chi connectivity index (χ0v) is 17.3. The molecule has 0 aliphatic rings. The molecule has 0 aliphatic heterocycles. The molecule has 0 amide bonds. The van der Waals surface area contributed by atoms with E-state index in [0.29, 0.717) is 0 Å². The van der Waals surface area contributed by atoms with Crippen LogP contribution in [0.2, 0.25) is 0 Å². The van der Waals surface area contributed by atoms with Gasteiger partial charge in [0.1, 0.15) is 11.2 Å². The van der Waals surface area contributed by atoms with Crippen LogP contribution in [-0.4, -0.2) is 0 Å². The molecule has 0 radical (unpaired) electrons. The van der Waals surface area contributed by atoms with Crippen LogP contribution < -0.4 is 0 Å². The number of thiophene rings is 2. The van der Waals surface area contributed by atoms with Crippen LogP contribution in [0.3, 0.4) is 0 Å². The average Bonchev–Trinajstić information content (AvgIpc) is 3.57. The fourth-order valence-corrected chi connectivity index (χ4v) is 6.05. The summed E-state index contributed by atoms with van der Waals surface area (Å²) in [5.41, 5.74) is 4.63. The van der Waals surface area contributed by atoms with Crippen LogP contribution in [0.4, 0.5) is 0 Å². The predicted octanol–water partition coefficient (Wildman–Crippen LogP) is 8.94. The summed E-state index contributed by atoms with van der Waals surface area (Å²) in [6, 6.07) is 27.6. The topological polar surface area (TPSA) is 26.3 Å². The summed E-state index contributed by atoms with van der Waals surface area (Å²) >= 11 is 3.61. The van der Waals surface area contributed by atoms with Gasteiger partial charge in [0, 0.05) is 36.2 Å². The third kappa shape index (κ3) is 2.29. The molecule has 0 aliphatic carbocycles. The van der Waals surface area contributed by atoms with Crippen molar-refractivity contribution in [2.24, 2.45) is 0 Å². The quantitative estimate of drug-likeness (QED) is 0.278. The molecular formula is C26H14O2S2. The van der Waals surface area contributed by atoms with Crippen molar-refractivity contribution < 1.29 is 8.83 Å². The molecule has 4 aromatic heterocycles. The van der Waals surface area contributed by atoms with Crippen LogP contribution in [0.15, 0.2) is 93.1 Å². The van der Waals surface area contributed by atoms with Gasteiger partial charge in [0.05, 0.1) is 0 Å². The van der Waals surface area contributed by atoms with Gasteiger partial charge < -0.3 is 8.83 Å². The highest BCUT2D eigenvalue weighted by Crippen LogP contribution is 2.41. The number of benzene rings is 3. The van der Waals surface area contributed by atoms with Crippen molar-refractivity contribution in [3.05, 3.63) is 84.2 Å². The first-order valence-corrected chi connectivity index (χ1v) is 11.5. The van der Waals surface area contributed by atoms with E-state index in [-0.39, 0.29) is 0 Å². The molecule has 30 heavy (non-hydrogen) atoms. The Kier molecular flexibility index (Phi) is 3.34. The lowest BCUT2D eigenvalue weighted by Crippen LogP contribution is -1.72. The van der Waals surface area contributed by atoms with Crippen LogP contribution in [-0.2, 0) is 0 Å². The largest absolute Gasteiger partial charge is 0.452 e. The maximum absolute atomic E-state index is 6.26. The Balaban J connectivity index is 1.44. The van der Waals surface area contributed by atoms with Gasteiger partial charge in [0.25, 0.3) is 0 Å². The number of fused-ring (bicyclic) bond motifs is 7. The van der Waals surface area contributed by atoms with Crippen molar-refractivity contribution in [3.63, 3.8) is 0 Å². The Morgan fingerprint density at radius 1 is 0.533 bits per heavy atom. The highest BCUT2D eigenvalue weighted by molar-refractivity contribution is 7.23. The Morgan fingerprint density at radius 2 is 1.30 bits per heavy atom. The maximum Gasteiger partial charge on any atom is 0.178 e. The lowest BCUT2D eigenvalue weighted by molar-refractivity contribution is 0.633. The summed E-state index contributed by atoms with van der Waals surface area (Å²) in [6.45, 7) is 0. The van der Waals surface area contributed by atoms with E-state index >= 15 is 0 Å². The zero-order chi connectivity index (χ0) is 19.7. The second-order valence-corrected chi connectivity index (χ2v) is 9.40. The monoisotopic (exact) mass is 422 g/mol. The molecule has 3 aromatic carbocycles. The number of hydrogen-bond acceptors (Lipinski definition) is 4. The van der Waals surface area contributed by atoms with Crippen LogP contribution in [0.5, 0.6) is 0 Å². The van der Waals surface area contributed by atoms with Crippen LogP contribution in [0.1, 0.15) is 0 Å². The second-order valence-electron chi connectivity index (χ2n) is 7.37. The molecule has 0 fully saturated rings. The summed E-state index contributed by atoms with van der Waals surface area (Å²) in [7, 11) is 0. The second kappa shape index (κ2) is 6.08. The van der Waals surface area contributed by atoms with Crippen LogP contribution >= 0.6 is 22.7 Å². The SMILES string of the molecule is c1csc(-c2ccc(-c3ccc4oc5c(ccc6c7ccccc7oc65)c4c3)s2)c1. The molecule has 2 nitrogen and oxygen atoms in total. The van der Waals surface area contributed by atoms with Crippen molar-refractivity contribution in [3.8, 4) is 20.2 Å².